The lowest BCUT2D eigenvalue weighted by atomic mass is 9.67. The molecular weight excluding hydrogens is 298 g/mol. The van der Waals surface area contributed by atoms with Crippen LogP contribution < -0.4 is 4.74 Å². The summed E-state index contributed by atoms with van der Waals surface area (Å²) in [5, 5.41) is 11.3. The van der Waals surface area contributed by atoms with Gasteiger partial charge in [-0.2, -0.15) is 0 Å². The molecule has 0 amide bonds. The Morgan fingerprint density at radius 3 is 2.25 bits per heavy atom. The third kappa shape index (κ3) is 2.62. The van der Waals surface area contributed by atoms with Crippen molar-refractivity contribution < 1.29 is 9.84 Å². The molecule has 0 bridgehead atoms. The second-order valence-electron chi connectivity index (χ2n) is 6.63. The van der Waals surface area contributed by atoms with Crippen LogP contribution in [0.2, 0.25) is 0 Å². The van der Waals surface area contributed by atoms with Crippen molar-refractivity contribution in [2.24, 2.45) is 0 Å². The van der Waals surface area contributed by atoms with Crippen molar-refractivity contribution in [1.29, 1.82) is 0 Å². The van der Waals surface area contributed by atoms with Gasteiger partial charge in [0.2, 0.25) is 5.79 Å². The van der Waals surface area contributed by atoms with Crippen LogP contribution in [0.3, 0.4) is 0 Å². The molecule has 2 atom stereocenters. The quantitative estimate of drug-likeness (QED) is 0.877. The van der Waals surface area contributed by atoms with Crippen LogP contribution in [0.5, 0.6) is 5.75 Å². The van der Waals surface area contributed by atoms with E-state index in [2.05, 4.69) is 36.9 Å². The number of hydrogen-bond donors (Lipinski definition) is 1. The van der Waals surface area contributed by atoms with Crippen molar-refractivity contribution in [3.05, 3.63) is 65.7 Å². The normalized spacial score (nSPS) is 25.5. The molecule has 0 fully saturated rings. The highest BCUT2D eigenvalue weighted by Crippen LogP contribution is 2.54. The maximum absolute atomic E-state index is 11.3. The standard InChI is InChI=1S/C21H27NO2/c1-4-22(5-2)16-15-21(17-11-7-6-8-12-17)18-13-9-10-14-19(18)24-20(21,3)23/h6-14,23H,4-5,15-16H2,1-3H3. The van der Waals surface area contributed by atoms with E-state index in [0.717, 1.165) is 42.9 Å². The summed E-state index contributed by atoms with van der Waals surface area (Å²) >= 11 is 0. The molecule has 1 heterocycles. The van der Waals surface area contributed by atoms with Crippen LogP contribution in [-0.4, -0.2) is 35.4 Å². The Kier molecular flexibility index (Phi) is 4.66. The summed E-state index contributed by atoms with van der Waals surface area (Å²) in [5.74, 6) is -0.489. The van der Waals surface area contributed by atoms with Gasteiger partial charge in [-0.1, -0.05) is 62.4 Å². The molecule has 0 radical (unpaired) electrons. The minimum absolute atomic E-state index is 0.562. The molecule has 0 aromatic heterocycles. The smallest absolute Gasteiger partial charge is 0.219 e. The van der Waals surface area contributed by atoms with Gasteiger partial charge in [0.15, 0.2) is 0 Å². The van der Waals surface area contributed by atoms with Gasteiger partial charge >= 0.3 is 0 Å². The Balaban J connectivity index is 2.12. The van der Waals surface area contributed by atoms with Crippen molar-refractivity contribution >= 4 is 0 Å². The molecule has 0 saturated heterocycles. The van der Waals surface area contributed by atoms with E-state index in [0.29, 0.717) is 0 Å². The lowest BCUT2D eigenvalue weighted by molar-refractivity contribution is -0.150. The van der Waals surface area contributed by atoms with Gasteiger partial charge in [0.05, 0.1) is 5.41 Å². The number of benzene rings is 2. The molecule has 128 valence electrons. The fourth-order valence-electron chi connectivity index (χ4n) is 3.98. The largest absolute Gasteiger partial charge is 0.461 e. The number of hydrogen-bond acceptors (Lipinski definition) is 3. The molecule has 0 saturated carbocycles. The highest BCUT2D eigenvalue weighted by molar-refractivity contribution is 5.53. The molecule has 24 heavy (non-hydrogen) atoms. The summed E-state index contributed by atoms with van der Waals surface area (Å²) < 4.78 is 6.00. The highest BCUT2D eigenvalue weighted by Gasteiger charge is 2.57. The van der Waals surface area contributed by atoms with Crippen LogP contribution in [0.1, 0.15) is 38.3 Å². The number of rotatable bonds is 6. The first-order valence-electron chi connectivity index (χ1n) is 8.84. The zero-order valence-electron chi connectivity index (χ0n) is 14.8. The van der Waals surface area contributed by atoms with Gasteiger partial charge in [0, 0.05) is 12.5 Å². The molecule has 1 aliphatic rings. The van der Waals surface area contributed by atoms with E-state index in [-0.39, 0.29) is 0 Å². The lowest BCUT2D eigenvalue weighted by Gasteiger charge is -2.40. The molecule has 2 aromatic carbocycles. The van der Waals surface area contributed by atoms with E-state index in [9.17, 15) is 5.11 Å². The average Bonchev–Trinajstić information content (AvgIpc) is 2.83. The predicted octanol–water partition coefficient (Wildman–Crippen LogP) is 3.81. The molecule has 3 heteroatoms. The number of ether oxygens (including phenoxy) is 1. The minimum Gasteiger partial charge on any atom is -0.461 e. The molecule has 2 unspecified atom stereocenters. The minimum atomic E-state index is -1.27. The zero-order valence-corrected chi connectivity index (χ0v) is 14.8. The second kappa shape index (κ2) is 6.58. The van der Waals surface area contributed by atoms with Crippen molar-refractivity contribution in [2.75, 3.05) is 19.6 Å². The topological polar surface area (TPSA) is 32.7 Å². The van der Waals surface area contributed by atoms with Gasteiger partial charge < -0.3 is 14.7 Å². The van der Waals surface area contributed by atoms with Gasteiger partial charge in [0.25, 0.3) is 0 Å². The predicted molar refractivity (Wildman–Crippen MR) is 97.3 cm³/mol. The third-order valence-electron chi connectivity index (χ3n) is 5.41. The van der Waals surface area contributed by atoms with Crippen LogP contribution in [0.25, 0.3) is 0 Å². The summed E-state index contributed by atoms with van der Waals surface area (Å²) in [6.07, 6.45) is 0.808. The fourth-order valence-corrected chi connectivity index (χ4v) is 3.98. The summed E-state index contributed by atoms with van der Waals surface area (Å²) in [6.45, 7) is 9.07. The highest BCUT2D eigenvalue weighted by atomic mass is 16.6. The molecule has 0 aliphatic carbocycles. The van der Waals surface area contributed by atoms with Crippen molar-refractivity contribution in [2.45, 2.75) is 38.4 Å². The van der Waals surface area contributed by atoms with Crippen LogP contribution in [0.4, 0.5) is 0 Å². The summed E-state index contributed by atoms with van der Waals surface area (Å²) in [7, 11) is 0. The van der Waals surface area contributed by atoms with E-state index < -0.39 is 11.2 Å². The molecule has 1 aliphatic heterocycles. The van der Waals surface area contributed by atoms with E-state index in [1.807, 2.05) is 36.4 Å². The van der Waals surface area contributed by atoms with E-state index in [1.54, 1.807) is 6.92 Å². The fraction of sp³-hybridized carbons (Fsp3) is 0.429. The van der Waals surface area contributed by atoms with Crippen LogP contribution in [-0.2, 0) is 5.41 Å². The van der Waals surface area contributed by atoms with Crippen molar-refractivity contribution in [3.63, 3.8) is 0 Å². The SMILES string of the molecule is CCN(CC)CCC1(c2ccccc2)c2ccccc2OC1(C)O. The summed E-state index contributed by atoms with van der Waals surface area (Å²) in [5.41, 5.74) is 1.62. The Bertz CT molecular complexity index is 679. The molecule has 3 rings (SSSR count). The first kappa shape index (κ1) is 17.0. The summed E-state index contributed by atoms with van der Waals surface area (Å²) in [6, 6.07) is 18.3. The maximum Gasteiger partial charge on any atom is 0.219 e. The van der Waals surface area contributed by atoms with Crippen LogP contribution >= 0.6 is 0 Å². The van der Waals surface area contributed by atoms with E-state index in [1.165, 1.54) is 0 Å². The first-order valence-corrected chi connectivity index (χ1v) is 8.84. The van der Waals surface area contributed by atoms with Gasteiger partial charge in [-0.3, -0.25) is 0 Å². The van der Waals surface area contributed by atoms with Gasteiger partial charge in [-0.25, -0.2) is 0 Å². The molecule has 1 N–H and O–H groups in total. The van der Waals surface area contributed by atoms with Crippen molar-refractivity contribution in [3.8, 4) is 5.75 Å². The summed E-state index contributed by atoms with van der Waals surface area (Å²) in [4.78, 5) is 2.39. The average molecular weight is 325 g/mol. The van der Waals surface area contributed by atoms with Crippen molar-refractivity contribution in [1.82, 2.24) is 4.90 Å². The Labute approximate surface area is 144 Å². The Morgan fingerprint density at radius 1 is 0.958 bits per heavy atom. The van der Waals surface area contributed by atoms with E-state index >= 15 is 0 Å². The number of aliphatic hydroxyl groups is 1. The van der Waals surface area contributed by atoms with Gasteiger partial charge in [-0.15, -0.1) is 0 Å². The molecule has 0 spiro atoms. The molecule has 2 aromatic rings. The molecule has 3 nitrogen and oxygen atoms in total. The van der Waals surface area contributed by atoms with Crippen LogP contribution in [0, 0.1) is 0 Å². The Hall–Kier alpha value is -1.84. The number of para-hydroxylation sites is 1. The second-order valence-corrected chi connectivity index (χ2v) is 6.63. The first-order chi connectivity index (χ1) is 11.5. The zero-order chi connectivity index (χ0) is 17.2. The van der Waals surface area contributed by atoms with E-state index in [4.69, 9.17) is 4.74 Å². The maximum atomic E-state index is 11.3. The monoisotopic (exact) mass is 325 g/mol. The van der Waals surface area contributed by atoms with Gasteiger partial charge in [0.1, 0.15) is 5.75 Å². The van der Waals surface area contributed by atoms with Crippen LogP contribution in [0.15, 0.2) is 54.6 Å². The Morgan fingerprint density at radius 2 is 1.58 bits per heavy atom. The molecular formula is C21H27NO2. The lowest BCUT2D eigenvalue weighted by Crippen LogP contribution is -2.51. The number of nitrogens with zero attached hydrogens (tertiary/aromatic N) is 1. The van der Waals surface area contributed by atoms with Gasteiger partial charge in [-0.05, 0) is 37.7 Å². The number of fused-ring (bicyclic) bond motifs is 1. The third-order valence-corrected chi connectivity index (χ3v) is 5.41.